The summed E-state index contributed by atoms with van der Waals surface area (Å²) in [5.74, 6) is -0.0442. The van der Waals surface area contributed by atoms with Crippen LogP contribution in [0.3, 0.4) is 0 Å². The van der Waals surface area contributed by atoms with Gasteiger partial charge in [0.15, 0.2) is 0 Å². The van der Waals surface area contributed by atoms with E-state index in [0.29, 0.717) is 18.7 Å². The summed E-state index contributed by atoms with van der Waals surface area (Å²) in [7, 11) is 5.58. The summed E-state index contributed by atoms with van der Waals surface area (Å²) in [4.78, 5) is 13.9. The molecule has 0 aliphatic heterocycles. The molecule has 0 aliphatic rings. The lowest BCUT2D eigenvalue weighted by Gasteiger charge is -2.13. The molecule has 0 heterocycles. The third-order valence-electron chi connectivity index (χ3n) is 2.70. The summed E-state index contributed by atoms with van der Waals surface area (Å²) in [5.41, 5.74) is 1.70. The largest absolute Gasteiger partial charge is 0.383 e. The molecule has 0 saturated heterocycles. The highest BCUT2D eigenvalue weighted by atomic mass is 16.5. The Morgan fingerprint density at radius 3 is 2.74 bits per heavy atom. The molecule has 19 heavy (non-hydrogen) atoms. The van der Waals surface area contributed by atoms with Crippen molar-refractivity contribution in [3.8, 4) is 0 Å². The molecule has 0 saturated carbocycles. The van der Waals surface area contributed by atoms with E-state index < -0.39 is 0 Å². The van der Waals surface area contributed by atoms with Crippen molar-refractivity contribution in [3.63, 3.8) is 0 Å². The number of carbonyl (C=O) groups is 1. The van der Waals surface area contributed by atoms with Gasteiger partial charge in [0.2, 0.25) is 0 Å². The van der Waals surface area contributed by atoms with Crippen molar-refractivity contribution in [1.29, 1.82) is 0 Å². The molecule has 0 fully saturated rings. The lowest BCUT2D eigenvalue weighted by molar-refractivity contribution is 0.0953. The van der Waals surface area contributed by atoms with Gasteiger partial charge in [-0.3, -0.25) is 4.79 Å². The maximum atomic E-state index is 11.9. The highest BCUT2D eigenvalue weighted by Gasteiger charge is 2.05. The normalized spacial score (nSPS) is 10.3. The Hall–Kier alpha value is -1.59. The first-order valence-electron chi connectivity index (χ1n) is 6.40. The Morgan fingerprint density at radius 1 is 1.26 bits per heavy atom. The number of nitrogens with zero attached hydrogens (tertiary/aromatic N) is 1. The number of rotatable bonds is 8. The first kappa shape index (κ1) is 15.5. The first-order valence-corrected chi connectivity index (χ1v) is 6.40. The summed E-state index contributed by atoms with van der Waals surface area (Å²) < 4.78 is 4.92. The number of anilines is 1. The topological polar surface area (TPSA) is 53.6 Å². The van der Waals surface area contributed by atoms with Gasteiger partial charge in [0.05, 0.1) is 6.61 Å². The van der Waals surface area contributed by atoms with Crippen LogP contribution in [-0.4, -0.2) is 53.4 Å². The Kier molecular flexibility index (Phi) is 6.92. The van der Waals surface area contributed by atoms with Gasteiger partial charge in [-0.15, -0.1) is 0 Å². The van der Waals surface area contributed by atoms with Crippen molar-refractivity contribution in [2.75, 3.05) is 52.3 Å². The Bertz CT molecular complexity index is 394. The van der Waals surface area contributed by atoms with E-state index in [9.17, 15) is 4.79 Å². The quantitative estimate of drug-likeness (QED) is 0.680. The number of carbonyl (C=O) groups excluding carboxylic acids is 1. The van der Waals surface area contributed by atoms with Crippen molar-refractivity contribution in [2.24, 2.45) is 0 Å². The second-order valence-corrected chi connectivity index (χ2v) is 4.44. The number of methoxy groups -OCH3 is 1. The third kappa shape index (κ3) is 5.72. The minimum atomic E-state index is -0.0442. The second-order valence-electron chi connectivity index (χ2n) is 4.44. The van der Waals surface area contributed by atoms with E-state index in [1.54, 1.807) is 7.11 Å². The van der Waals surface area contributed by atoms with Gasteiger partial charge in [0.25, 0.3) is 5.91 Å². The van der Waals surface area contributed by atoms with Gasteiger partial charge in [-0.25, -0.2) is 0 Å². The van der Waals surface area contributed by atoms with Gasteiger partial charge >= 0.3 is 0 Å². The maximum Gasteiger partial charge on any atom is 0.251 e. The Labute approximate surface area is 114 Å². The van der Waals surface area contributed by atoms with Gasteiger partial charge in [0.1, 0.15) is 0 Å². The van der Waals surface area contributed by atoms with Gasteiger partial charge in [-0.05, 0) is 18.2 Å². The molecule has 0 atom stereocenters. The molecule has 0 spiro atoms. The predicted octanol–water partition coefficient (Wildman–Crippen LogP) is 0.718. The number of hydrogen-bond donors (Lipinski definition) is 2. The number of amides is 1. The van der Waals surface area contributed by atoms with E-state index in [-0.39, 0.29) is 5.91 Å². The maximum absolute atomic E-state index is 11.9. The average Bonchev–Trinajstić information content (AvgIpc) is 2.42. The molecule has 0 aliphatic carbocycles. The van der Waals surface area contributed by atoms with E-state index in [1.807, 2.05) is 43.3 Å². The molecule has 0 radical (unpaired) electrons. The third-order valence-corrected chi connectivity index (χ3v) is 2.70. The monoisotopic (exact) mass is 265 g/mol. The van der Waals surface area contributed by atoms with Crippen LogP contribution in [0.4, 0.5) is 5.69 Å². The van der Waals surface area contributed by atoms with Crippen LogP contribution in [0.15, 0.2) is 24.3 Å². The lowest BCUT2D eigenvalue weighted by atomic mass is 10.2. The first-order chi connectivity index (χ1) is 9.15. The van der Waals surface area contributed by atoms with Gasteiger partial charge in [0, 0.05) is 52.1 Å². The molecule has 1 amide bonds. The van der Waals surface area contributed by atoms with Gasteiger partial charge < -0.3 is 20.3 Å². The van der Waals surface area contributed by atoms with Crippen molar-refractivity contribution in [3.05, 3.63) is 29.8 Å². The minimum Gasteiger partial charge on any atom is -0.383 e. The van der Waals surface area contributed by atoms with Crippen LogP contribution in [0.5, 0.6) is 0 Å². The minimum absolute atomic E-state index is 0.0442. The van der Waals surface area contributed by atoms with Crippen LogP contribution in [-0.2, 0) is 4.74 Å². The second kappa shape index (κ2) is 8.50. The zero-order valence-corrected chi connectivity index (χ0v) is 11.9. The van der Waals surface area contributed by atoms with E-state index >= 15 is 0 Å². The number of ether oxygens (including phenoxy) is 1. The number of nitrogens with one attached hydrogen (secondary N) is 2. The van der Waals surface area contributed by atoms with E-state index in [1.165, 1.54) is 0 Å². The molecule has 5 nitrogen and oxygen atoms in total. The molecule has 1 rings (SSSR count). The molecule has 5 heteroatoms. The van der Waals surface area contributed by atoms with Gasteiger partial charge in [-0.2, -0.15) is 0 Å². The lowest BCUT2D eigenvalue weighted by Crippen LogP contribution is -2.33. The van der Waals surface area contributed by atoms with Crippen LogP contribution in [0, 0.1) is 0 Å². The molecule has 1 aromatic rings. The average molecular weight is 265 g/mol. The number of benzene rings is 1. The van der Waals surface area contributed by atoms with Crippen molar-refractivity contribution in [1.82, 2.24) is 10.6 Å². The highest BCUT2D eigenvalue weighted by Crippen LogP contribution is 2.12. The Balaban J connectivity index is 2.35. The molecular formula is C14H23N3O2. The molecule has 0 aromatic heterocycles. The van der Waals surface area contributed by atoms with Crippen molar-refractivity contribution < 1.29 is 9.53 Å². The van der Waals surface area contributed by atoms with E-state index in [0.717, 1.165) is 18.8 Å². The van der Waals surface area contributed by atoms with Crippen LogP contribution in [0.1, 0.15) is 10.4 Å². The summed E-state index contributed by atoms with van der Waals surface area (Å²) >= 11 is 0. The van der Waals surface area contributed by atoms with Crippen LogP contribution in [0.25, 0.3) is 0 Å². The fourth-order valence-electron chi connectivity index (χ4n) is 1.59. The van der Waals surface area contributed by atoms with Crippen LogP contribution < -0.4 is 15.5 Å². The summed E-state index contributed by atoms with van der Waals surface area (Å²) in [6.07, 6.45) is 0. The molecule has 0 unspecified atom stereocenters. The standard InChI is InChI=1S/C14H23N3O2/c1-17(2)13-6-4-5-12(11-13)14(18)16-8-7-15-9-10-19-3/h4-6,11,15H,7-10H2,1-3H3,(H,16,18). The summed E-state index contributed by atoms with van der Waals surface area (Å²) in [5, 5.41) is 6.06. The van der Waals surface area contributed by atoms with E-state index in [2.05, 4.69) is 10.6 Å². The molecule has 106 valence electrons. The number of hydrogen-bond acceptors (Lipinski definition) is 4. The fourth-order valence-corrected chi connectivity index (χ4v) is 1.59. The molecule has 1 aromatic carbocycles. The summed E-state index contributed by atoms with van der Waals surface area (Å²) in [6, 6.07) is 7.57. The Morgan fingerprint density at radius 2 is 2.05 bits per heavy atom. The molecular weight excluding hydrogens is 242 g/mol. The highest BCUT2D eigenvalue weighted by molar-refractivity contribution is 5.95. The zero-order chi connectivity index (χ0) is 14.1. The van der Waals surface area contributed by atoms with Gasteiger partial charge in [-0.1, -0.05) is 6.07 Å². The predicted molar refractivity (Wildman–Crippen MR) is 77.8 cm³/mol. The molecule has 0 bridgehead atoms. The van der Waals surface area contributed by atoms with Crippen LogP contribution in [0.2, 0.25) is 0 Å². The van der Waals surface area contributed by atoms with E-state index in [4.69, 9.17) is 4.74 Å². The molecule has 2 N–H and O–H groups in total. The van der Waals surface area contributed by atoms with Crippen LogP contribution >= 0.6 is 0 Å². The summed E-state index contributed by atoms with van der Waals surface area (Å²) in [6.45, 7) is 2.82. The smallest absolute Gasteiger partial charge is 0.251 e. The fraction of sp³-hybridized carbons (Fsp3) is 0.500. The van der Waals surface area contributed by atoms with Crippen molar-refractivity contribution >= 4 is 11.6 Å². The van der Waals surface area contributed by atoms with Crippen molar-refractivity contribution in [2.45, 2.75) is 0 Å². The zero-order valence-electron chi connectivity index (χ0n) is 11.9. The SMILES string of the molecule is COCCNCCNC(=O)c1cccc(N(C)C)c1.